The van der Waals surface area contributed by atoms with Gasteiger partial charge in [0, 0.05) is 6.54 Å². The van der Waals surface area contributed by atoms with Crippen LogP contribution < -0.4 is 16.8 Å². The average molecular weight is 254 g/mol. The summed E-state index contributed by atoms with van der Waals surface area (Å²) in [4.78, 5) is 15.2. The van der Waals surface area contributed by atoms with Gasteiger partial charge < -0.3 is 16.8 Å². The summed E-state index contributed by atoms with van der Waals surface area (Å²) in [6.07, 6.45) is 5.77. The van der Waals surface area contributed by atoms with Gasteiger partial charge in [0.15, 0.2) is 0 Å². The van der Waals surface area contributed by atoms with E-state index < -0.39 is 5.91 Å². The maximum atomic E-state index is 11.1. The van der Waals surface area contributed by atoms with Gasteiger partial charge in [-0.1, -0.05) is 0 Å². The molecule has 0 bridgehead atoms. The number of carbonyl (C=O) groups is 1. The van der Waals surface area contributed by atoms with Crippen molar-refractivity contribution in [1.82, 2.24) is 4.98 Å². The highest BCUT2D eigenvalue weighted by Crippen LogP contribution is 2.14. The molecular weight excluding hydrogens is 236 g/mol. The fourth-order valence-corrected chi connectivity index (χ4v) is 1.86. The van der Waals surface area contributed by atoms with E-state index >= 15 is 0 Å². The van der Waals surface area contributed by atoms with Crippen molar-refractivity contribution in [3.63, 3.8) is 0 Å². The van der Waals surface area contributed by atoms with Crippen LogP contribution in [0.3, 0.4) is 0 Å². The first-order valence-corrected chi connectivity index (χ1v) is 6.82. The molecule has 6 heteroatoms. The van der Waals surface area contributed by atoms with E-state index in [1.807, 2.05) is 11.8 Å². The Hall–Kier alpha value is -1.43. The second-order valence-electron chi connectivity index (χ2n) is 3.65. The third-order valence-electron chi connectivity index (χ3n) is 2.28. The summed E-state index contributed by atoms with van der Waals surface area (Å²) in [5.74, 6) is 1.26. The van der Waals surface area contributed by atoms with Gasteiger partial charge in [-0.3, -0.25) is 4.79 Å². The second-order valence-corrected chi connectivity index (χ2v) is 4.63. The van der Waals surface area contributed by atoms with Crippen molar-refractivity contribution in [2.24, 2.45) is 5.73 Å². The number of carbonyl (C=O) groups excluding carboxylic acids is 1. The molecule has 0 saturated heterocycles. The molecule has 0 aromatic carbocycles. The van der Waals surface area contributed by atoms with Crippen LogP contribution in [0.15, 0.2) is 12.3 Å². The van der Waals surface area contributed by atoms with Crippen molar-refractivity contribution >= 4 is 29.2 Å². The summed E-state index contributed by atoms with van der Waals surface area (Å²) in [6, 6.07) is 1.59. The lowest BCUT2D eigenvalue weighted by Gasteiger charge is -2.07. The maximum absolute atomic E-state index is 11.1. The molecule has 1 aromatic heterocycles. The molecule has 0 fully saturated rings. The Bertz CT molecular complexity index is 384. The van der Waals surface area contributed by atoms with Crippen LogP contribution in [0.5, 0.6) is 0 Å². The van der Waals surface area contributed by atoms with E-state index in [0.29, 0.717) is 17.1 Å². The van der Waals surface area contributed by atoms with Crippen LogP contribution in [0.4, 0.5) is 11.5 Å². The molecule has 5 nitrogen and oxygen atoms in total. The first kappa shape index (κ1) is 13.6. The summed E-state index contributed by atoms with van der Waals surface area (Å²) < 4.78 is 0. The van der Waals surface area contributed by atoms with Crippen molar-refractivity contribution in [3.05, 3.63) is 17.8 Å². The molecule has 0 unspecified atom stereocenters. The first-order valence-electron chi connectivity index (χ1n) is 5.43. The lowest BCUT2D eigenvalue weighted by molar-refractivity contribution is 0.100. The SMILES string of the molecule is CSCCCCNc1cc(C(N)=O)c(N)cn1. The molecule has 1 rings (SSSR count). The lowest BCUT2D eigenvalue weighted by atomic mass is 10.2. The number of hydrogen-bond acceptors (Lipinski definition) is 5. The molecular formula is C11H18N4OS. The fourth-order valence-electron chi connectivity index (χ4n) is 1.36. The number of nitrogens with two attached hydrogens (primary N) is 2. The topological polar surface area (TPSA) is 94.0 Å². The van der Waals surface area contributed by atoms with E-state index in [2.05, 4.69) is 16.6 Å². The number of pyridine rings is 1. The van der Waals surface area contributed by atoms with Crippen LogP contribution in [-0.2, 0) is 0 Å². The molecule has 0 atom stereocenters. The largest absolute Gasteiger partial charge is 0.397 e. The van der Waals surface area contributed by atoms with Crippen LogP contribution in [0.1, 0.15) is 23.2 Å². The van der Waals surface area contributed by atoms with E-state index in [4.69, 9.17) is 11.5 Å². The number of hydrogen-bond donors (Lipinski definition) is 3. The van der Waals surface area contributed by atoms with Gasteiger partial charge in [0.25, 0.3) is 5.91 Å². The minimum atomic E-state index is -0.532. The predicted octanol–water partition coefficient (Wildman–Crippen LogP) is 1.32. The van der Waals surface area contributed by atoms with Gasteiger partial charge in [-0.25, -0.2) is 4.98 Å². The molecule has 94 valence electrons. The van der Waals surface area contributed by atoms with E-state index in [1.165, 1.54) is 6.20 Å². The Morgan fingerprint density at radius 3 is 2.94 bits per heavy atom. The summed E-state index contributed by atoms with van der Waals surface area (Å²) in [5, 5.41) is 3.14. The van der Waals surface area contributed by atoms with Gasteiger partial charge in [-0.2, -0.15) is 11.8 Å². The Morgan fingerprint density at radius 1 is 1.53 bits per heavy atom. The van der Waals surface area contributed by atoms with Gasteiger partial charge in [-0.05, 0) is 30.9 Å². The molecule has 0 saturated carbocycles. The summed E-state index contributed by atoms with van der Waals surface area (Å²) >= 11 is 1.84. The van der Waals surface area contributed by atoms with Crippen LogP contribution in [0, 0.1) is 0 Å². The highest BCUT2D eigenvalue weighted by atomic mass is 32.2. The number of rotatable bonds is 7. The monoisotopic (exact) mass is 254 g/mol. The molecule has 1 heterocycles. The van der Waals surface area contributed by atoms with E-state index in [-0.39, 0.29) is 0 Å². The number of amides is 1. The Kier molecular flexibility index (Phi) is 5.62. The minimum Gasteiger partial charge on any atom is -0.397 e. The van der Waals surface area contributed by atoms with E-state index in [1.54, 1.807) is 6.07 Å². The number of primary amides is 1. The van der Waals surface area contributed by atoms with Crippen LogP contribution in [0.2, 0.25) is 0 Å². The van der Waals surface area contributed by atoms with Crippen molar-refractivity contribution in [2.75, 3.05) is 29.6 Å². The van der Waals surface area contributed by atoms with Gasteiger partial charge in [-0.15, -0.1) is 0 Å². The third kappa shape index (κ3) is 4.52. The summed E-state index contributed by atoms with van der Waals surface area (Å²) in [7, 11) is 0. The Balaban J connectivity index is 2.49. The molecule has 17 heavy (non-hydrogen) atoms. The number of thioether (sulfide) groups is 1. The molecule has 0 aliphatic heterocycles. The molecule has 0 aliphatic carbocycles. The van der Waals surface area contributed by atoms with Gasteiger partial charge >= 0.3 is 0 Å². The Labute approximate surface area is 105 Å². The highest BCUT2D eigenvalue weighted by molar-refractivity contribution is 7.98. The smallest absolute Gasteiger partial charge is 0.250 e. The molecule has 0 radical (unpaired) electrons. The predicted molar refractivity (Wildman–Crippen MR) is 73.3 cm³/mol. The normalized spacial score (nSPS) is 10.2. The van der Waals surface area contributed by atoms with Gasteiger partial charge in [0.2, 0.25) is 0 Å². The number of nitrogens with one attached hydrogen (secondary N) is 1. The number of unbranched alkanes of at least 4 members (excludes halogenated alkanes) is 1. The fraction of sp³-hybridized carbons (Fsp3) is 0.455. The molecule has 1 aromatic rings. The van der Waals surface area contributed by atoms with E-state index in [0.717, 1.165) is 25.1 Å². The third-order valence-corrected chi connectivity index (χ3v) is 2.98. The van der Waals surface area contributed by atoms with Crippen LogP contribution >= 0.6 is 11.8 Å². The number of nitrogens with zero attached hydrogens (tertiary/aromatic N) is 1. The van der Waals surface area contributed by atoms with Gasteiger partial charge in [0.05, 0.1) is 17.4 Å². The Morgan fingerprint density at radius 2 is 2.29 bits per heavy atom. The van der Waals surface area contributed by atoms with Crippen LogP contribution in [-0.4, -0.2) is 29.4 Å². The second kappa shape index (κ2) is 7.01. The molecule has 5 N–H and O–H groups in total. The van der Waals surface area contributed by atoms with Crippen LogP contribution in [0.25, 0.3) is 0 Å². The maximum Gasteiger partial charge on any atom is 0.250 e. The zero-order valence-electron chi connectivity index (χ0n) is 9.90. The zero-order chi connectivity index (χ0) is 12.7. The van der Waals surface area contributed by atoms with Crippen molar-refractivity contribution in [1.29, 1.82) is 0 Å². The summed E-state index contributed by atoms with van der Waals surface area (Å²) in [6.45, 7) is 0.829. The average Bonchev–Trinajstić information content (AvgIpc) is 2.30. The number of anilines is 2. The van der Waals surface area contributed by atoms with Gasteiger partial charge in [0.1, 0.15) is 5.82 Å². The number of nitrogen functional groups attached to an aromatic ring is 1. The van der Waals surface area contributed by atoms with Crippen molar-refractivity contribution in [2.45, 2.75) is 12.8 Å². The highest BCUT2D eigenvalue weighted by Gasteiger charge is 2.07. The zero-order valence-corrected chi connectivity index (χ0v) is 10.7. The molecule has 0 spiro atoms. The van der Waals surface area contributed by atoms with Crippen molar-refractivity contribution in [3.8, 4) is 0 Å². The van der Waals surface area contributed by atoms with Crippen molar-refractivity contribution < 1.29 is 4.79 Å². The lowest BCUT2D eigenvalue weighted by Crippen LogP contribution is -2.15. The first-order chi connectivity index (χ1) is 8.15. The molecule has 0 aliphatic rings. The summed E-state index contributed by atoms with van der Waals surface area (Å²) in [5.41, 5.74) is 11.4. The van der Waals surface area contributed by atoms with E-state index in [9.17, 15) is 4.79 Å². The standard InChI is InChI=1S/C11H18N4OS/c1-17-5-3-2-4-14-10-6-8(11(13)16)9(12)7-15-10/h6-7H,2-5,12H2,1H3,(H2,13,16)(H,14,15). The molecule has 1 amide bonds. The quantitative estimate of drug-likeness (QED) is 0.638. The minimum absolute atomic E-state index is 0.311. The number of aromatic nitrogens is 1.